The molecule has 4 nitrogen and oxygen atoms in total. The van der Waals surface area contributed by atoms with Gasteiger partial charge in [-0.3, -0.25) is 4.79 Å². The molecule has 2 aromatic carbocycles. The van der Waals surface area contributed by atoms with E-state index in [4.69, 9.17) is 14.9 Å². The third-order valence-electron chi connectivity index (χ3n) is 2.93. The van der Waals surface area contributed by atoms with Gasteiger partial charge in [-0.15, -0.1) is 0 Å². The largest absolute Gasteiger partial charge is 0.454 e. The second-order valence-electron chi connectivity index (χ2n) is 4.05. The van der Waals surface area contributed by atoms with Crippen LogP contribution in [0.5, 0.6) is 0 Å². The lowest BCUT2D eigenvalue weighted by Gasteiger charge is -2.03. The van der Waals surface area contributed by atoms with E-state index in [2.05, 4.69) is 0 Å². The number of para-hydroxylation sites is 1. The van der Waals surface area contributed by atoms with Crippen molar-refractivity contribution in [3.8, 4) is 12.1 Å². The summed E-state index contributed by atoms with van der Waals surface area (Å²) >= 11 is 0. The van der Waals surface area contributed by atoms with Crippen LogP contribution >= 0.6 is 0 Å². The molecule has 3 aromatic rings. The Morgan fingerprint density at radius 3 is 2.53 bits per heavy atom. The molecule has 3 rings (SSSR count). The summed E-state index contributed by atoms with van der Waals surface area (Å²) in [4.78, 5) is 12.3. The van der Waals surface area contributed by atoms with Gasteiger partial charge in [0.25, 0.3) is 0 Å². The highest BCUT2D eigenvalue weighted by molar-refractivity contribution is 5.92. The van der Waals surface area contributed by atoms with Crippen molar-refractivity contribution in [2.45, 2.75) is 0 Å². The van der Waals surface area contributed by atoms with Gasteiger partial charge in [-0.05, 0) is 24.3 Å². The number of benzene rings is 2. The van der Waals surface area contributed by atoms with Gasteiger partial charge in [-0.25, -0.2) is 0 Å². The minimum absolute atomic E-state index is 0.192. The van der Waals surface area contributed by atoms with Gasteiger partial charge in [0, 0.05) is 0 Å². The second kappa shape index (κ2) is 3.97. The molecule has 4 heteroatoms. The van der Waals surface area contributed by atoms with Crippen LogP contribution in [0.3, 0.4) is 0 Å². The predicted octanol–water partition coefficient (Wildman–Crippen LogP) is 2.69. The summed E-state index contributed by atoms with van der Waals surface area (Å²) in [7, 11) is 0. The molecule has 0 N–H and O–H groups in total. The van der Waals surface area contributed by atoms with E-state index in [9.17, 15) is 4.79 Å². The summed E-state index contributed by atoms with van der Waals surface area (Å²) in [5.74, 6) is 0. The van der Waals surface area contributed by atoms with Crippen molar-refractivity contribution in [1.29, 1.82) is 10.5 Å². The first-order chi connectivity index (χ1) is 9.24. The predicted molar refractivity (Wildman–Crippen MR) is 69.4 cm³/mol. The molecule has 0 radical (unpaired) electrons. The monoisotopic (exact) mass is 246 g/mol. The molecule has 0 saturated heterocycles. The molecule has 1 heterocycles. The van der Waals surface area contributed by atoms with E-state index in [0.717, 1.165) is 0 Å². The van der Waals surface area contributed by atoms with Crippen LogP contribution in [-0.4, -0.2) is 0 Å². The molecule has 0 saturated carbocycles. The molecule has 0 unspecified atom stereocenters. The van der Waals surface area contributed by atoms with E-state index in [1.807, 2.05) is 12.1 Å². The molecular formula is C15H6N2O2. The van der Waals surface area contributed by atoms with E-state index in [1.54, 1.807) is 24.3 Å². The summed E-state index contributed by atoms with van der Waals surface area (Å²) in [6.45, 7) is 0. The summed E-state index contributed by atoms with van der Waals surface area (Å²) in [6.07, 6.45) is 0. The minimum atomic E-state index is -0.231. The standard InChI is InChI=1S/C15H6N2O2/c16-7-9-5-10(8-17)15-12(6-9)14(18)11-3-1-2-4-13(11)19-15/h1-6H. The zero-order valence-electron chi connectivity index (χ0n) is 9.68. The average Bonchev–Trinajstić information content (AvgIpc) is 2.47. The highest BCUT2D eigenvalue weighted by Crippen LogP contribution is 2.22. The fraction of sp³-hybridized carbons (Fsp3) is 0. The molecular weight excluding hydrogens is 240 g/mol. The number of nitriles is 2. The molecule has 0 aliphatic heterocycles. The van der Waals surface area contributed by atoms with Crippen molar-refractivity contribution in [1.82, 2.24) is 0 Å². The van der Waals surface area contributed by atoms with Crippen LogP contribution in [0, 0.1) is 22.7 Å². The second-order valence-corrected chi connectivity index (χ2v) is 4.05. The highest BCUT2D eigenvalue weighted by atomic mass is 16.3. The number of rotatable bonds is 0. The van der Waals surface area contributed by atoms with Crippen LogP contribution < -0.4 is 5.43 Å². The van der Waals surface area contributed by atoms with Gasteiger partial charge in [0.2, 0.25) is 5.43 Å². The van der Waals surface area contributed by atoms with Crippen molar-refractivity contribution in [3.63, 3.8) is 0 Å². The van der Waals surface area contributed by atoms with Crippen molar-refractivity contribution in [2.75, 3.05) is 0 Å². The lowest BCUT2D eigenvalue weighted by molar-refractivity contribution is 0.658. The number of fused-ring (bicyclic) bond motifs is 2. The van der Waals surface area contributed by atoms with Crippen LogP contribution in [0.4, 0.5) is 0 Å². The molecule has 88 valence electrons. The van der Waals surface area contributed by atoms with Gasteiger partial charge in [0.1, 0.15) is 11.7 Å². The summed E-state index contributed by atoms with van der Waals surface area (Å²) in [5, 5.41) is 18.7. The van der Waals surface area contributed by atoms with Gasteiger partial charge in [-0.2, -0.15) is 10.5 Å². The number of nitrogens with zero attached hydrogens (tertiary/aromatic N) is 2. The summed E-state index contributed by atoms with van der Waals surface area (Å²) < 4.78 is 5.62. The van der Waals surface area contributed by atoms with Crippen molar-refractivity contribution in [2.24, 2.45) is 0 Å². The van der Waals surface area contributed by atoms with Gasteiger partial charge in [0.05, 0.1) is 28.0 Å². The third kappa shape index (κ3) is 1.55. The minimum Gasteiger partial charge on any atom is -0.454 e. The summed E-state index contributed by atoms with van der Waals surface area (Å²) in [6, 6.07) is 13.6. The van der Waals surface area contributed by atoms with E-state index < -0.39 is 0 Å². The van der Waals surface area contributed by atoms with Crippen LogP contribution in [0.1, 0.15) is 11.1 Å². The molecule has 1 aromatic heterocycles. The van der Waals surface area contributed by atoms with Crippen LogP contribution in [0.25, 0.3) is 21.9 Å². The molecule has 0 bridgehead atoms. The zero-order chi connectivity index (χ0) is 13.4. The maximum absolute atomic E-state index is 12.3. The van der Waals surface area contributed by atoms with E-state index >= 15 is 0 Å². The fourth-order valence-electron chi connectivity index (χ4n) is 2.05. The summed E-state index contributed by atoms with van der Waals surface area (Å²) in [5.41, 5.74) is 0.889. The molecule has 19 heavy (non-hydrogen) atoms. The van der Waals surface area contributed by atoms with Gasteiger partial charge in [-0.1, -0.05) is 12.1 Å². The van der Waals surface area contributed by atoms with Gasteiger partial charge < -0.3 is 4.42 Å². The smallest absolute Gasteiger partial charge is 0.200 e. The Hall–Kier alpha value is -3.11. The molecule has 0 fully saturated rings. The van der Waals surface area contributed by atoms with Gasteiger partial charge in [0.15, 0.2) is 5.58 Å². The van der Waals surface area contributed by atoms with E-state index in [1.165, 1.54) is 12.1 Å². The number of hydrogen-bond acceptors (Lipinski definition) is 4. The SMILES string of the molecule is N#Cc1cc(C#N)c2oc3ccccc3c(=O)c2c1. The van der Waals surface area contributed by atoms with Crippen molar-refractivity contribution >= 4 is 21.9 Å². The molecule has 0 amide bonds. The first kappa shape index (κ1) is 11.0. The average molecular weight is 246 g/mol. The maximum Gasteiger partial charge on any atom is 0.200 e. The van der Waals surface area contributed by atoms with E-state index in [-0.39, 0.29) is 27.5 Å². The Balaban J connectivity index is 2.63. The Kier molecular flexibility index (Phi) is 2.30. The Bertz CT molecular complexity index is 956. The van der Waals surface area contributed by atoms with Gasteiger partial charge >= 0.3 is 0 Å². The quantitative estimate of drug-likeness (QED) is 0.571. The highest BCUT2D eigenvalue weighted by Gasteiger charge is 2.12. The lowest BCUT2D eigenvalue weighted by atomic mass is 10.1. The number of hydrogen-bond donors (Lipinski definition) is 0. The van der Waals surface area contributed by atoms with Crippen molar-refractivity contribution < 1.29 is 4.42 Å². The van der Waals surface area contributed by atoms with Crippen LogP contribution in [0.2, 0.25) is 0 Å². The van der Waals surface area contributed by atoms with Crippen LogP contribution in [-0.2, 0) is 0 Å². The first-order valence-electron chi connectivity index (χ1n) is 5.54. The lowest BCUT2D eigenvalue weighted by Crippen LogP contribution is -2.03. The Morgan fingerprint density at radius 2 is 1.79 bits per heavy atom. The third-order valence-corrected chi connectivity index (χ3v) is 2.93. The fourth-order valence-corrected chi connectivity index (χ4v) is 2.05. The Labute approximate surface area is 107 Å². The Morgan fingerprint density at radius 1 is 1.00 bits per heavy atom. The molecule has 0 atom stereocenters. The molecule has 0 aliphatic rings. The van der Waals surface area contributed by atoms with Crippen LogP contribution in [0.15, 0.2) is 45.6 Å². The normalized spacial score (nSPS) is 10.2. The zero-order valence-corrected chi connectivity index (χ0v) is 9.68. The van der Waals surface area contributed by atoms with E-state index in [0.29, 0.717) is 11.0 Å². The maximum atomic E-state index is 12.3. The molecule has 0 spiro atoms. The topological polar surface area (TPSA) is 77.8 Å². The first-order valence-corrected chi connectivity index (χ1v) is 5.54. The molecule has 0 aliphatic carbocycles. The van der Waals surface area contributed by atoms with Crippen molar-refractivity contribution in [3.05, 3.63) is 57.7 Å².